The van der Waals surface area contributed by atoms with Crippen molar-refractivity contribution < 1.29 is 9.47 Å². The maximum absolute atomic E-state index is 5.85. The van der Waals surface area contributed by atoms with Gasteiger partial charge < -0.3 is 15.2 Å². The molecule has 0 radical (unpaired) electrons. The molecule has 0 aliphatic rings. The zero-order valence-corrected chi connectivity index (χ0v) is 11.6. The van der Waals surface area contributed by atoms with Crippen molar-refractivity contribution in [2.45, 2.75) is 45.4 Å². The Balaban J connectivity index is 4.24. The van der Waals surface area contributed by atoms with Gasteiger partial charge in [-0.2, -0.15) is 0 Å². The van der Waals surface area contributed by atoms with Crippen molar-refractivity contribution in [1.82, 2.24) is 4.90 Å². The highest BCUT2D eigenvalue weighted by Crippen LogP contribution is 2.18. The van der Waals surface area contributed by atoms with Crippen LogP contribution in [0, 0.1) is 0 Å². The van der Waals surface area contributed by atoms with Gasteiger partial charge >= 0.3 is 0 Å². The third-order valence-corrected chi connectivity index (χ3v) is 3.39. The Hall–Kier alpha value is -0.160. The number of ether oxygens (including phenoxy) is 2. The summed E-state index contributed by atoms with van der Waals surface area (Å²) >= 11 is 0. The van der Waals surface area contributed by atoms with E-state index >= 15 is 0 Å². The number of methoxy groups -OCH3 is 1. The van der Waals surface area contributed by atoms with Crippen LogP contribution in [0.5, 0.6) is 0 Å². The molecular formula is C12H28N2O2. The topological polar surface area (TPSA) is 47.7 Å². The Labute approximate surface area is 100 Å². The Morgan fingerprint density at radius 1 is 1.31 bits per heavy atom. The van der Waals surface area contributed by atoms with E-state index in [4.69, 9.17) is 15.2 Å². The summed E-state index contributed by atoms with van der Waals surface area (Å²) in [4.78, 5) is 2.21. The molecule has 0 spiro atoms. The summed E-state index contributed by atoms with van der Waals surface area (Å²) in [6.45, 7) is 10.4. The van der Waals surface area contributed by atoms with Gasteiger partial charge in [-0.3, -0.25) is 4.90 Å². The molecule has 0 aromatic carbocycles. The van der Waals surface area contributed by atoms with E-state index in [0.717, 1.165) is 13.2 Å². The number of nitrogens with zero attached hydrogens (tertiary/aromatic N) is 1. The van der Waals surface area contributed by atoms with Gasteiger partial charge in [0, 0.05) is 20.2 Å². The van der Waals surface area contributed by atoms with Crippen LogP contribution in [0.2, 0.25) is 0 Å². The van der Waals surface area contributed by atoms with E-state index < -0.39 is 0 Å². The maximum Gasteiger partial charge on any atom is 0.0736 e. The summed E-state index contributed by atoms with van der Waals surface area (Å²) in [5.41, 5.74) is 5.71. The van der Waals surface area contributed by atoms with Crippen molar-refractivity contribution >= 4 is 0 Å². The first-order valence-electron chi connectivity index (χ1n) is 5.94. The smallest absolute Gasteiger partial charge is 0.0736 e. The summed E-state index contributed by atoms with van der Waals surface area (Å²) in [7, 11) is 3.78. The predicted molar refractivity (Wildman–Crippen MR) is 67.6 cm³/mol. The van der Waals surface area contributed by atoms with E-state index in [-0.39, 0.29) is 17.7 Å². The molecule has 0 rings (SSSR count). The monoisotopic (exact) mass is 232 g/mol. The summed E-state index contributed by atoms with van der Waals surface area (Å²) in [6, 6.07) is 0. The molecule has 2 atom stereocenters. The van der Waals surface area contributed by atoms with Crippen molar-refractivity contribution in [3.8, 4) is 0 Å². The van der Waals surface area contributed by atoms with Gasteiger partial charge in [0.1, 0.15) is 0 Å². The van der Waals surface area contributed by atoms with E-state index in [1.165, 1.54) is 0 Å². The fraction of sp³-hybridized carbons (Fsp3) is 1.00. The average molecular weight is 232 g/mol. The van der Waals surface area contributed by atoms with E-state index in [1.807, 2.05) is 20.8 Å². The fourth-order valence-electron chi connectivity index (χ4n) is 1.57. The van der Waals surface area contributed by atoms with Gasteiger partial charge in [0.25, 0.3) is 0 Å². The van der Waals surface area contributed by atoms with Crippen molar-refractivity contribution in [1.29, 1.82) is 0 Å². The van der Waals surface area contributed by atoms with E-state index in [9.17, 15) is 0 Å². The van der Waals surface area contributed by atoms with Crippen LogP contribution in [0.15, 0.2) is 0 Å². The highest BCUT2D eigenvalue weighted by molar-refractivity contribution is 4.91. The van der Waals surface area contributed by atoms with Crippen LogP contribution in [0.4, 0.5) is 0 Å². The van der Waals surface area contributed by atoms with Crippen molar-refractivity contribution in [3.63, 3.8) is 0 Å². The molecule has 0 bridgehead atoms. The lowest BCUT2D eigenvalue weighted by molar-refractivity contribution is -0.0341. The number of likely N-dealkylation sites (N-methyl/N-ethyl adjacent to an activating group) is 1. The fourth-order valence-corrected chi connectivity index (χ4v) is 1.57. The van der Waals surface area contributed by atoms with Crippen LogP contribution in [-0.2, 0) is 9.47 Å². The first-order chi connectivity index (χ1) is 7.38. The molecule has 2 N–H and O–H groups in total. The largest absolute Gasteiger partial charge is 0.380 e. The average Bonchev–Trinajstić information content (AvgIpc) is 2.26. The van der Waals surface area contributed by atoms with Gasteiger partial charge in [0.2, 0.25) is 0 Å². The van der Waals surface area contributed by atoms with Gasteiger partial charge in [-0.1, -0.05) is 0 Å². The Bertz CT molecular complexity index is 188. The predicted octanol–water partition coefficient (Wildman–Crippen LogP) is 1.10. The Kier molecular flexibility index (Phi) is 7.15. The van der Waals surface area contributed by atoms with Crippen molar-refractivity contribution in [2.24, 2.45) is 5.73 Å². The molecular weight excluding hydrogens is 204 g/mol. The highest BCUT2D eigenvalue weighted by atomic mass is 16.5. The van der Waals surface area contributed by atoms with Gasteiger partial charge in [0.15, 0.2) is 0 Å². The van der Waals surface area contributed by atoms with Gasteiger partial charge in [0.05, 0.1) is 24.4 Å². The zero-order chi connectivity index (χ0) is 12.8. The lowest BCUT2D eigenvalue weighted by Crippen LogP contribution is -2.58. The van der Waals surface area contributed by atoms with Crippen LogP contribution >= 0.6 is 0 Å². The SMILES string of the molecule is COC(C)C(C)(CN)N(C)CCOC(C)C. The molecule has 0 saturated heterocycles. The van der Waals surface area contributed by atoms with Crippen molar-refractivity contribution in [3.05, 3.63) is 0 Å². The van der Waals surface area contributed by atoms with Crippen LogP contribution in [0.25, 0.3) is 0 Å². The van der Waals surface area contributed by atoms with Crippen LogP contribution in [-0.4, -0.2) is 56.5 Å². The highest BCUT2D eigenvalue weighted by Gasteiger charge is 2.33. The first-order valence-corrected chi connectivity index (χ1v) is 5.94. The second-order valence-electron chi connectivity index (χ2n) is 4.78. The maximum atomic E-state index is 5.85. The quantitative estimate of drug-likeness (QED) is 0.681. The molecule has 0 aliphatic carbocycles. The standard InChI is InChI=1S/C12H28N2O2/c1-10(2)16-8-7-14(5)12(4,9-13)11(3)15-6/h10-11H,7-9,13H2,1-6H3. The Morgan fingerprint density at radius 2 is 1.88 bits per heavy atom. The van der Waals surface area contributed by atoms with Crippen LogP contribution < -0.4 is 5.73 Å². The molecule has 16 heavy (non-hydrogen) atoms. The minimum atomic E-state index is -0.144. The third-order valence-electron chi connectivity index (χ3n) is 3.39. The van der Waals surface area contributed by atoms with Gasteiger partial charge in [-0.05, 0) is 34.7 Å². The second kappa shape index (κ2) is 7.22. The second-order valence-corrected chi connectivity index (χ2v) is 4.78. The lowest BCUT2D eigenvalue weighted by atomic mass is 9.94. The molecule has 0 aliphatic heterocycles. The number of nitrogens with two attached hydrogens (primary N) is 1. The van der Waals surface area contributed by atoms with Gasteiger partial charge in [-0.25, -0.2) is 0 Å². The molecule has 4 heteroatoms. The molecule has 0 amide bonds. The first kappa shape index (κ1) is 15.8. The summed E-state index contributed by atoms with van der Waals surface area (Å²) in [6.07, 6.45) is 0.374. The van der Waals surface area contributed by atoms with E-state index in [0.29, 0.717) is 6.54 Å². The molecule has 0 aromatic rings. The minimum Gasteiger partial charge on any atom is -0.380 e. The zero-order valence-electron chi connectivity index (χ0n) is 11.6. The summed E-state index contributed by atoms with van der Waals surface area (Å²) < 4.78 is 10.9. The van der Waals surface area contributed by atoms with E-state index in [1.54, 1.807) is 7.11 Å². The molecule has 0 saturated carbocycles. The Morgan fingerprint density at radius 3 is 2.25 bits per heavy atom. The minimum absolute atomic E-state index is 0.0987. The number of hydrogen-bond donors (Lipinski definition) is 1. The molecule has 0 heterocycles. The number of rotatable bonds is 8. The normalized spacial score (nSPS) is 17.8. The summed E-state index contributed by atoms with van der Waals surface area (Å²) in [5.74, 6) is 0. The molecule has 0 aromatic heterocycles. The van der Waals surface area contributed by atoms with Crippen molar-refractivity contribution in [2.75, 3.05) is 33.9 Å². The van der Waals surface area contributed by atoms with Crippen LogP contribution in [0.3, 0.4) is 0 Å². The molecule has 2 unspecified atom stereocenters. The lowest BCUT2D eigenvalue weighted by Gasteiger charge is -2.42. The third kappa shape index (κ3) is 4.37. The molecule has 98 valence electrons. The molecule has 0 fully saturated rings. The molecule has 4 nitrogen and oxygen atoms in total. The number of hydrogen-bond acceptors (Lipinski definition) is 4. The summed E-state index contributed by atoms with van der Waals surface area (Å²) in [5, 5.41) is 0. The van der Waals surface area contributed by atoms with Gasteiger partial charge in [-0.15, -0.1) is 0 Å². The van der Waals surface area contributed by atoms with Crippen LogP contribution in [0.1, 0.15) is 27.7 Å². The van der Waals surface area contributed by atoms with E-state index in [2.05, 4.69) is 18.9 Å².